The first-order valence-electron chi connectivity index (χ1n) is 10.6. The van der Waals surface area contributed by atoms with Crippen LogP contribution in [0.25, 0.3) is 0 Å². The van der Waals surface area contributed by atoms with Gasteiger partial charge in [0.05, 0.1) is 6.10 Å². The number of carboxylic acids is 1. The molecule has 32 heavy (non-hydrogen) atoms. The molecule has 8 nitrogen and oxygen atoms in total. The number of nitrogens with one attached hydrogen (secondary N) is 1. The van der Waals surface area contributed by atoms with Gasteiger partial charge in [0.1, 0.15) is 6.10 Å². The van der Waals surface area contributed by atoms with E-state index in [0.717, 1.165) is 56.8 Å². The number of halogens is 3. The molecule has 1 saturated carbocycles. The van der Waals surface area contributed by atoms with Crippen LogP contribution in [0.5, 0.6) is 11.5 Å². The maximum Gasteiger partial charge on any atom is 0.490 e. The zero-order valence-corrected chi connectivity index (χ0v) is 17.3. The van der Waals surface area contributed by atoms with E-state index in [-0.39, 0.29) is 18.1 Å². The number of hydrogen-bond acceptors (Lipinski definition) is 6. The van der Waals surface area contributed by atoms with Gasteiger partial charge in [-0.2, -0.15) is 13.2 Å². The lowest BCUT2D eigenvalue weighted by atomic mass is 9.91. The van der Waals surface area contributed by atoms with Crippen LogP contribution in [0.4, 0.5) is 13.2 Å². The third-order valence-corrected chi connectivity index (χ3v) is 5.94. The second kappa shape index (κ2) is 9.14. The lowest BCUT2D eigenvalue weighted by Gasteiger charge is -2.34. The van der Waals surface area contributed by atoms with E-state index >= 15 is 0 Å². The van der Waals surface area contributed by atoms with Crippen molar-refractivity contribution in [3.05, 3.63) is 23.8 Å². The lowest BCUT2D eigenvalue weighted by molar-refractivity contribution is -0.192. The van der Waals surface area contributed by atoms with Crippen molar-refractivity contribution >= 4 is 11.9 Å². The fraction of sp³-hybridized carbons (Fsp3) is 0.619. The van der Waals surface area contributed by atoms with Gasteiger partial charge in [0, 0.05) is 19.1 Å². The average Bonchev–Trinajstić information content (AvgIpc) is 3.25. The van der Waals surface area contributed by atoms with E-state index < -0.39 is 12.1 Å². The quantitative estimate of drug-likeness (QED) is 0.715. The number of alkyl halides is 3. The van der Waals surface area contributed by atoms with Crippen molar-refractivity contribution in [2.24, 2.45) is 5.92 Å². The molecular weight excluding hydrogens is 433 g/mol. The molecule has 1 amide bonds. The summed E-state index contributed by atoms with van der Waals surface area (Å²) in [5, 5.41) is 10.2. The molecule has 1 aliphatic carbocycles. The van der Waals surface area contributed by atoms with Gasteiger partial charge in [-0.05, 0) is 55.8 Å². The summed E-state index contributed by atoms with van der Waals surface area (Å²) in [6.07, 6.45) is -0.939. The molecule has 4 aliphatic rings. The third kappa shape index (κ3) is 5.63. The highest BCUT2D eigenvalue weighted by Gasteiger charge is 2.42. The van der Waals surface area contributed by atoms with E-state index in [1.54, 1.807) is 0 Å². The summed E-state index contributed by atoms with van der Waals surface area (Å²) >= 11 is 0. The summed E-state index contributed by atoms with van der Waals surface area (Å²) in [4.78, 5) is 23.6. The minimum Gasteiger partial charge on any atom is -0.475 e. The maximum atomic E-state index is 12.2. The molecule has 5 rings (SSSR count). The Morgan fingerprint density at radius 1 is 1.16 bits per heavy atom. The van der Waals surface area contributed by atoms with Gasteiger partial charge in [0.25, 0.3) is 0 Å². The summed E-state index contributed by atoms with van der Waals surface area (Å²) in [6.45, 7) is 3.13. The van der Waals surface area contributed by atoms with Gasteiger partial charge in [0.2, 0.25) is 12.7 Å². The molecule has 0 unspecified atom stereocenters. The van der Waals surface area contributed by atoms with E-state index in [1.165, 1.54) is 5.56 Å². The zero-order valence-electron chi connectivity index (χ0n) is 17.3. The SMILES string of the molecule is O=C(NC1CC1)[C@H]1C[C@@H]2CCN(Cc3ccc4c(c3)OCO4)C[C@@H]2O1.O=C(O)C(F)(F)F. The number of carboxylic acid groups (broad SMARTS) is 1. The molecule has 3 atom stereocenters. The number of hydrogen-bond donors (Lipinski definition) is 2. The largest absolute Gasteiger partial charge is 0.490 e. The molecule has 2 saturated heterocycles. The minimum atomic E-state index is -5.08. The number of nitrogens with zero attached hydrogens (tertiary/aromatic N) is 1. The van der Waals surface area contributed by atoms with Crippen LogP contribution in [-0.2, 0) is 20.9 Å². The maximum absolute atomic E-state index is 12.2. The third-order valence-electron chi connectivity index (χ3n) is 5.94. The molecule has 0 spiro atoms. The van der Waals surface area contributed by atoms with Gasteiger partial charge < -0.3 is 24.6 Å². The van der Waals surface area contributed by atoms with E-state index in [2.05, 4.69) is 22.3 Å². The first-order chi connectivity index (χ1) is 15.2. The molecule has 3 heterocycles. The Labute approximate surface area is 182 Å². The summed E-state index contributed by atoms with van der Waals surface area (Å²) in [6, 6.07) is 6.55. The topological polar surface area (TPSA) is 97.3 Å². The number of carbonyl (C=O) groups is 2. The molecule has 0 aromatic heterocycles. The van der Waals surface area contributed by atoms with E-state index in [1.807, 2.05) is 6.07 Å². The molecule has 2 N–H and O–H groups in total. The highest BCUT2D eigenvalue weighted by molar-refractivity contribution is 5.81. The van der Waals surface area contributed by atoms with Crippen LogP contribution in [0.3, 0.4) is 0 Å². The molecule has 1 aromatic rings. The molecular formula is C21H25F3N2O6. The summed E-state index contributed by atoms with van der Waals surface area (Å²) < 4.78 is 48.7. The number of aliphatic carboxylic acids is 1. The molecule has 0 bridgehead atoms. The van der Waals surface area contributed by atoms with Crippen molar-refractivity contribution in [3.8, 4) is 11.5 Å². The molecule has 3 fully saturated rings. The van der Waals surface area contributed by atoms with Gasteiger partial charge in [-0.1, -0.05) is 6.07 Å². The van der Waals surface area contributed by atoms with Crippen LogP contribution in [0, 0.1) is 5.92 Å². The van der Waals surface area contributed by atoms with Crippen molar-refractivity contribution in [3.63, 3.8) is 0 Å². The van der Waals surface area contributed by atoms with Crippen LogP contribution in [0.2, 0.25) is 0 Å². The van der Waals surface area contributed by atoms with Crippen LogP contribution in [0.1, 0.15) is 31.2 Å². The fourth-order valence-corrected chi connectivity index (χ4v) is 4.13. The second-order valence-electron chi connectivity index (χ2n) is 8.46. The van der Waals surface area contributed by atoms with Crippen LogP contribution in [0.15, 0.2) is 18.2 Å². The van der Waals surface area contributed by atoms with Gasteiger partial charge in [0.15, 0.2) is 11.5 Å². The predicted octanol–water partition coefficient (Wildman–Crippen LogP) is 2.31. The van der Waals surface area contributed by atoms with E-state index in [9.17, 15) is 18.0 Å². The van der Waals surface area contributed by atoms with Gasteiger partial charge in [-0.25, -0.2) is 4.79 Å². The number of likely N-dealkylation sites (tertiary alicyclic amines) is 1. The number of rotatable bonds is 4. The summed E-state index contributed by atoms with van der Waals surface area (Å²) in [5.41, 5.74) is 1.23. The Kier molecular flexibility index (Phi) is 6.47. The number of carbonyl (C=O) groups excluding carboxylic acids is 1. The number of fused-ring (bicyclic) bond motifs is 2. The minimum absolute atomic E-state index is 0.0965. The standard InChI is InChI=1S/C19H24N2O4.C2HF3O2/c22-19(20-14-2-3-14)17-8-13-5-6-21(10-18(13)25-17)9-12-1-4-15-16(7-12)24-11-23-15;3-2(4,5)1(6)7/h1,4,7,13-14,17-18H,2-3,5-6,8-11H2,(H,20,22);(H,6,7)/t13-,17+,18-;/m0./s1. The Hall–Kier alpha value is -2.53. The Balaban J connectivity index is 0.000000307. The molecule has 1 aromatic carbocycles. The first kappa shape index (κ1) is 22.7. The fourth-order valence-electron chi connectivity index (χ4n) is 4.13. The second-order valence-corrected chi connectivity index (χ2v) is 8.46. The zero-order chi connectivity index (χ0) is 22.9. The summed E-state index contributed by atoms with van der Waals surface area (Å²) in [5.74, 6) is -0.484. The van der Waals surface area contributed by atoms with Crippen molar-refractivity contribution in [1.82, 2.24) is 10.2 Å². The van der Waals surface area contributed by atoms with Crippen molar-refractivity contribution in [2.75, 3.05) is 19.9 Å². The van der Waals surface area contributed by atoms with Gasteiger partial charge >= 0.3 is 12.1 Å². The van der Waals surface area contributed by atoms with Crippen molar-refractivity contribution < 1.29 is 42.1 Å². The monoisotopic (exact) mass is 458 g/mol. The Morgan fingerprint density at radius 2 is 1.88 bits per heavy atom. The highest BCUT2D eigenvalue weighted by atomic mass is 19.4. The van der Waals surface area contributed by atoms with Crippen LogP contribution < -0.4 is 14.8 Å². The molecule has 0 radical (unpaired) electrons. The number of ether oxygens (including phenoxy) is 3. The smallest absolute Gasteiger partial charge is 0.475 e. The lowest BCUT2D eigenvalue weighted by Crippen LogP contribution is -2.42. The molecule has 3 aliphatic heterocycles. The van der Waals surface area contributed by atoms with Crippen molar-refractivity contribution in [1.29, 1.82) is 0 Å². The average molecular weight is 458 g/mol. The normalized spacial score (nSPS) is 26.7. The van der Waals surface area contributed by atoms with E-state index in [0.29, 0.717) is 18.8 Å². The van der Waals surface area contributed by atoms with E-state index in [4.69, 9.17) is 24.1 Å². The van der Waals surface area contributed by atoms with Gasteiger partial charge in [-0.3, -0.25) is 9.69 Å². The first-order valence-corrected chi connectivity index (χ1v) is 10.6. The summed E-state index contributed by atoms with van der Waals surface area (Å²) in [7, 11) is 0. The van der Waals surface area contributed by atoms with Gasteiger partial charge in [-0.15, -0.1) is 0 Å². The molecule has 176 valence electrons. The molecule has 11 heteroatoms. The van der Waals surface area contributed by atoms with Crippen molar-refractivity contribution in [2.45, 2.75) is 56.7 Å². The highest BCUT2D eigenvalue weighted by Crippen LogP contribution is 2.36. The number of amides is 1. The Bertz CT molecular complexity index is 860. The van der Waals surface area contributed by atoms with Crippen LogP contribution in [-0.4, -0.2) is 66.2 Å². The number of piperidine rings is 1. The van der Waals surface area contributed by atoms with Crippen LogP contribution >= 0.6 is 0 Å². The number of benzene rings is 1. The predicted molar refractivity (Wildman–Crippen MR) is 104 cm³/mol. The Morgan fingerprint density at radius 3 is 2.56 bits per heavy atom.